The number of ether oxygens (including phenoxy) is 1. The molecular weight excluding hydrogens is 413 g/mol. The molecule has 0 unspecified atom stereocenters. The van der Waals surface area contributed by atoms with Crippen LogP contribution in [0.25, 0.3) is 0 Å². The Bertz CT molecular complexity index is 843. The summed E-state index contributed by atoms with van der Waals surface area (Å²) in [4.78, 5) is 16.4. The van der Waals surface area contributed by atoms with Crippen LogP contribution in [0.15, 0.2) is 46.9 Å². The van der Waals surface area contributed by atoms with E-state index in [2.05, 4.69) is 26.9 Å². The molecule has 3 rings (SSSR count). The van der Waals surface area contributed by atoms with Crippen molar-refractivity contribution in [1.82, 2.24) is 9.80 Å². The summed E-state index contributed by atoms with van der Waals surface area (Å²) in [6.45, 7) is 3.58. The molecule has 0 atom stereocenters. The maximum atomic E-state index is 13.1. The maximum absolute atomic E-state index is 13.1. The van der Waals surface area contributed by atoms with E-state index in [1.165, 1.54) is 18.2 Å². The van der Waals surface area contributed by atoms with Gasteiger partial charge in [-0.15, -0.1) is 0 Å². The Kier molecular flexibility index (Phi) is 6.43. The van der Waals surface area contributed by atoms with Crippen LogP contribution < -0.4 is 4.74 Å². The number of rotatable bonds is 5. The standard InChI is InChI=1S/C20H19BrFN3O2/c21-18-11-17(22)5-6-19(18)27-14-20(26)25-9-7-24(8-10-25)13-16-3-1-15(12-23)2-4-16/h1-6,11H,7-10,13-14H2. The summed E-state index contributed by atoms with van der Waals surface area (Å²) < 4.78 is 19.1. The van der Waals surface area contributed by atoms with Crippen molar-refractivity contribution < 1.29 is 13.9 Å². The predicted octanol–water partition coefficient (Wildman–Crippen LogP) is 3.18. The van der Waals surface area contributed by atoms with Gasteiger partial charge in [0.25, 0.3) is 5.91 Å². The number of nitrogens with zero attached hydrogens (tertiary/aromatic N) is 3. The van der Waals surface area contributed by atoms with Crippen molar-refractivity contribution in [3.63, 3.8) is 0 Å². The van der Waals surface area contributed by atoms with Crippen LogP contribution in [0.3, 0.4) is 0 Å². The lowest BCUT2D eigenvalue weighted by Crippen LogP contribution is -2.49. The number of halogens is 2. The molecule has 1 amide bonds. The van der Waals surface area contributed by atoms with Gasteiger partial charge < -0.3 is 9.64 Å². The van der Waals surface area contributed by atoms with Crippen molar-refractivity contribution in [2.75, 3.05) is 32.8 Å². The highest BCUT2D eigenvalue weighted by atomic mass is 79.9. The Balaban J connectivity index is 1.45. The van der Waals surface area contributed by atoms with Crippen molar-refractivity contribution in [2.45, 2.75) is 6.54 Å². The van der Waals surface area contributed by atoms with E-state index in [-0.39, 0.29) is 18.3 Å². The van der Waals surface area contributed by atoms with Gasteiger partial charge in [-0.3, -0.25) is 9.69 Å². The van der Waals surface area contributed by atoms with E-state index in [0.29, 0.717) is 28.9 Å². The molecule has 7 heteroatoms. The lowest BCUT2D eigenvalue weighted by Gasteiger charge is -2.34. The molecule has 1 aliphatic heterocycles. The number of carbonyl (C=O) groups excluding carboxylic acids is 1. The highest BCUT2D eigenvalue weighted by molar-refractivity contribution is 9.10. The van der Waals surface area contributed by atoms with Crippen molar-refractivity contribution in [1.29, 1.82) is 5.26 Å². The van der Waals surface area contributed by atoms with E-state index in [4.69, 9.17) is 10.00 Å². The zero-order valence-corrected chi connectivity index (χ0v) is 16.3. The molecule has 0 spiro atoms. The predicted molar refractivity (Wildman–Crippen MR) is 103 cm³/mol. The second-order valence-electron chi connectivity index (χ2n) is 6.33. The molecule has 1 heterocycles. The van der Waals surface area contributed by atoms with Crippen LogP contribution >= 0.6 is 15.9 Å². The summed E-state index contributed by atoms with van der Waals surface area (Å²) in [6.07, 6.45) is 0. The normalized spacial score (nSPS) is 14.6. The molecule has 2 aromatic rings. The average molecular weight is 432 g/mol. The number of amides is 1. The second kappa shape index (κ2) is 8.98. The quantitative estimate of drug-likeness (QED) is 0.729. The molecule has 27 heavy (non-hydrogen) atoms. The Morgan fingerprint density at radius 1 is 1.15 bits per heavy atom. The summed E-state index contributed by atoms with van der Waals surface area (Å²) in [7, 11) is 0. The zero-order valence-electron chi connectivity index (χ0n) is 14.7. The molecule has 0 radical (unpaired) electrons. The van der Waals surface area contributed by atoms with Crippen LogP contribution in [0, 0.1) is 17.1 Å². The third-order valence-corrected chi connectivity index (χ3v) is 5.08. The largest absolute Gasteiger partial charge is 0.483 e. The Hall–Kier alpha value is -2.43. The van der Waals surface area contributed by atoms with Crippen molar-refractivity contribution >= 4 is 21.8 Å². The molecule has 1 fully saturated rings. The van der Waals surface area contributed by atoms with Crippen LogP contribution in [0.1, 0.15) is 11.1 Å². The van der Waals surface area contributed by atoms with E-state index in [9.17, 15) is 9.18 Å². The zero-order chi connectivity index (χ0) is 19.2. The Labute approximate surface area is 166 Å². The number of hydrogen-bond acceptors (Lipinski definition) is 4. The van der Waals surface area contributed by atoms with Gasteiger partial charge in [0.15, 0.2) is 6.61 Å². The lowest BCUT2D eigenvalue weighted by molar-refractivity contribution is -0.135. The van der Waals surface area contributed by atoms with Crippen LogP contribution in [0.5, 0.6) is 5.75 Å². The van der Waals surface area contributed by atoms with Gasteiger partial charge in [-0.1, -0.05) is 12.1 Å². The fourth-order valence-electron chi connectivity index (χ4n) is 2.92. The van der Waals surface area contributed by atoms with Gasteiger partial charge in [0, 0.05) is 32.7 Å². The third kappa shape index (κ3) is 5.28. The minimum absolute atomic E-state index is 0.0696. The molecule has 1 aliphatic rings. The summed E-state index contributed by atoms with van der Waals surface area (Å²) in [5.74, 6) is 0.00684. The van der Waals surface area contributed by atoms with Gasteiger partial charge in [0.2, 0.25) is 0 Å². The SMILES string of the molecule is N#Cc1ccc(CN2CCN(C(=O)COc3ccc(F)cc3Br)CC2)cc1. The number of piperazine rings is 1. The van der Waals surface area contributed by atoms with Crippen LogP contribution in [0.4, 0.5) is 4.39 Å². The molecule has 0 saturated carbocycles. The number of nitriles is 1. The van der Waals surface area contributed by atoms with Crippen LogP contribution in [0.2, 0.25) is 0 Å². The average Bonchev–Trinajstić information content (AvgIpc) is 2.68. The lowest BCUT2D eigenvalue weighted by atomic mass is 10.1. The highest BCUT2D eigenvalue weighted by Crippen LogP contribution is 2.25. The minimum Gasteiger partial charge on any atom is -0.483 e. The first-order chi connectivity index (χ1) is 13.0. The fraction of sp³-hybridized carbons (Fsp3) is 0.300. The van der Waals surface area contributed by atoms with Crippen molar-refractivity contribution in [2.24, 2.45) is 0 Å². The summed E-state index contributed by atoms with van der Waals surface area (Å²) in [6, 6.07) is 13.8. The maximum Gasteiger partial charge on any atom is 0.260 e. The molecule has 1 saturated heterocycles. The van der Waals surface area contributed by atoms with Crippen LogP contribution in [-0.2, 0) is 11.3 Å². The smallest absolute Gasteiger partial charge is 0.260 e. The van der Waals surface area contributed by atoms with Crippen molar-refractivity contribution in [3.05, 3.63) is 63.9 Å². The van der Waals surface area contributed by atoms with E-state index in [1.54, 1.807) is 4.90 Å². The number of carbonyl (C=O) groups is 1. The first kappa shape index (κ1) is 19.3. The van der Waals surface area contributed by atoms with Gasteiger partial charge in [0.1, 0.15) is 11.6 Å². The van der Waals surface area contributed by atoms with Gasteiger partial charge in [-0.25, -0.2) is 4.39 Å². The molecule has 0 aromatic heterocycles. The second-order valence-corrected chi connectivity index (χ2v) is 7.18. The molecule has 0 aliphatic carbocycles. The molecule has 5 nitrogen and oxygen atoms in total. The molecule has 140 valence electrons. The third-order valence-electron chi connectivity index (χ3n) is 4.46. The van der Waals surface area contributed by atoms with Gasteiger partial charge in [-0.05, 0) is 51.8 Å². The number of hydrogen-bond donors (Lipinski definition) is 0. The summed E-state index contributed by atoms with van der Waals surface area (Å²) in [5.41, 5.74) is 1.81. The molecular formula is C20H19BrFN3O2. The van der Waals surface area contributed by atoms with E-state index < -0.39 is 0 Å². The van der Waals surface area contributed by atoms with E-state index in [1.807, 2.05) is 24.3 Å². The Morgan fingerprint density at radius 3 is 2.48 bits per heavy atom. The highest BCUT2D eigenvalue weighted by Gasteiger charge is 2.21. The minimum atomic E-state index is -0.362. The summed E-state index contributed by atoms with van der Waals surface area (Å²) in [5, 5.41) is 8.85. The van der Waals surface area contributed by atoms with Gasteiger partial charge in [0.05, 0.1) is 16.1 Å². The molecule has 0 bridgehead atoms. The summed E-state index contributed by atoms with van der Waals surface area (Å²) >= 11 is 3.23. The molecule has 2 aromatic carbocycles. The van der Waals surface area contributed by atoms with Crippen molar-refractivity contribution in [3.8, 4) is 11.8 Å². The first-order valence-electron chi connectivity index (χ1n) is 8.62. The van der Waals surface area contributed by atoms with Crippen LogP contribution in [-0.4, -0.2) is 48.5 Å². The molecule has 0 N–H and O–H groups in total. The van der Waals surface area contributed by atoms with E-state index >= 15 is 0 Å². The number of benzene rings is 2. The Morgan fingerprint density at radius 2 is 1.85 bits per heavy atom. The fourth-order valence-corrected chi connectivity index (χ4v) is 3.39. The first-order valence-corrected chi connectivity index (χ1v) is 9.41. The van der Waals surface area contributed by atoms with Gasteiger partial charge >= 0.3 is 0 Å². The van der Waals surface area contributed by atoms with Gasteiger partial charge in [-0.2, -0.15) is 5.26 Å². The monoisotopic (exact) mass is 431 g/mol. The van der Waals surface area contributed by atoms with E-state index in [0.717, 1.165) is 25.2 Å². The topological polar surface area (TPSA) is 56.6 Å².